The summed E-state index contributed by atoms with van der Waals surface area (Å²) in [5, 5.41) is 8.62. The second-order valence-electron chi connectivity index (χ2n) is 4.31. The number of carbonyl (C=O) groups excluding carboxylic acids is 1. The minimum absolute atomic E-state index is 0.0492. The van der Waals surface area contributed by atoms with Crippen LogP contribution in [0.15, 0.2) is 0 Å². The van der Waals surface area contributed by atoms with Gasteiger partial charge < -0.3 is 10.0 Å². The Balaban J connectivity index is 2.37. The molecule has 0 aliphatic heterocycles. The van der Waals surface area contributed by atoms with E-state index in [1.54, 1.807) is 11.9 Å². The van der Waals surface area contributed by atoms with E-state index in [9.17, 15) is 9.00 Å². The molecule has 1 rings (SSSR count). The van der Waals surface area contributed by atoms with Crippen molar-refractivity contribution in [2.75, 3.05) is 25.2 Å². The summed E-state index contributed by atoms with van der Waals surface area (Å²) in [6.45, 7) is -0.118. The third-order valence-corrected chi connectivity index (χ3v) is 4.33. The molecule has 1 amide bonds. The third kappa shape index (κ3) is 4.22. The lowest BCUT2D eigenvalue weighted by Crippen LogP contribution is -2.40. The standard InChI is InChI=1S/C11H21NO3S/c1-12(10-5-3-2-4-6-10)11(14)9-16(15)8-7-13/h10,13H,2-9H2,1H3. The highest BCUT2D eigenvalue weighted by molar-refractivity contribution is 7.85. The van der Waals surface area contributed by atoms with Crippen LogP contribution < -0.4 is 0 Å². The summed E-state index contributed by atoms with van der Waals surface area (Å²) in [5.41, 5.74) is 0. The van der Waals surface area contributed by atoms with Crippen LogP contribution in [0.5, 0.6) is 0 Å². The number of hydrogen-bond donors (Lipinski definition) is 1. The summed E-state index contributed by atoms with van der Waals surface area (Å²) in [6, 6.07) is 0.326. The Morgan fingerprint density at radius 2 is 2.00 bits per heavy atom. The molecule has 1 saturated carbocycles. The summed E-state index contributed by atoms with van der Waals surface area (Å²) < 4.78 is 11.3. The summed E-state index contributed by atoms with van der Waals surface area (Å²) in [5.74, 6) is 0.191. The molecule has 16 heavy (non-hydrogen) atoms. The molecule has 1 aliphatic rings. The van der Waals surface area contributed by atoms with Crippen molar-refractivity contribution in [1.82, 2.24) is 4.90 Å². The van der Waals surface area contributed by atoms with Gasteiger partial charge in [0.05, 0.1) is 6.61 Å². The first kappa shape index (κ1) is 13.6. The summed E-state index contributed by atoms with van der Waals surface area (Å²) in [7, 11) is 0.584. The normalized spacial score (nSPS) is 19.4. The average molecular weight is 247 g/mol. The fourth-order valence-electron chi connectivity index (χ4n) is 2.09. The molecule has 1 aliphatic carbocycles. The Morgan fingerprint density at radius 3 is 2.56 bits per heavy atom. The van der Waals surface area contributed by atoms with Crippen molar-refractivity contribution in [2.45, 2.75) is 38.1 Å². The molecule has 0 radical (unpaired) electrons. The maximum Gasteiger partial charge on any atom is 0.235 e. The lowest BCUT2D eigenvalue weighted by Gasteiger charge is -2.31. The van der Waals surface area contributed by atoms with Gasteiger partial charge in [-0.25, -0.2) is 0 Å². The summed E-state index contributed by atoms with van der Waals surface area (Å²) in [4.78, 5) is 13.5. The van der Waals surface area contributed by atoms with E-state index < -0.39 is 10.8 Å². The van der Waals surface area contributed by atoms with Gasteiger partial charge in [0.15, 0.2) is 0 Å². The van der Waals surface area contributed by atoms with Gasteiger partial charge in [-0.1, -0.05) is 19.3 Å². The van der Waals surface area contributed by atoms with E-state index in [4.69, 9.17) is 5.11 Å². The van der Waals surface area contributed by atoms with Crippen LogP contribution in [-0.4, -0.2) is 51.3 Å². The molecular weight excluding hydrogens is 226 g/mol. The molecule has 4 nitrogen and oxygen atoms in total. The van der Waals surface area contributed by atoms with Crippen molar-refractivity contribution in [3.8, 4) is 0 Å². The molecule has 1 atom stereocenters. The van der Waals surface area contributed by atoms with E-state index in [2.05, 4.69) is 0 Å². The first-order chi connectivity index (χ1) is 7.65. The second kappa shape index (κ2) is 7.01. The largest absolute Gasteiger partial charge is 0.395 e. The lowest BCUT2D eigenvalue weighted by atomic mass is 9.94. The van der Waals surface area contributed by atoms with Crippen LogP contribution in [-0.2, 0) is 15.6 Å². The van der Waals surface area contributed by atoms with Crippen molar-refractivity contribution < 1.29 is 14.1 Å². The third-order valence-electron chi connectivity index (χ3n) is 3.12. The van der Waals surface area contributed by atoms with Gasteiger partial charge >= 0.3 is 0 Å². The number of carbonyl (C=O) groups is 1. The van der Waals surface area contributed by atoms with Gasteiger partial charge in [0.1, 0.15) is 5.75 Å². The highest BCUT2D eigenvalue weighted by atomic mass is 32.2. The molecule has 0 aromatic heterocycles. The highest BCUT2D eigenvalue weighted by Crippen LogP contribution is 2.21. The first-order valence-electron chi connectivity index (χ1n) is 5.86. The molecule has 0 heterocycles. The van der Waals surface area contributed by atoms with Crippen molar-refractivity contribution in [2.24, 2.45) is 0 Å². The first-order valence-corrected chi connectivity index (χ1v) is 7.35. The summed E-state index contributed by atoms with van der Waals surface area (Å²) >= 11 is 0. The minimum Gasteiger partial charge on any atom is -0.395 e. The van der Waals surface area contributed by atoms with Crippen LogP contribution in [0, 0.1) is 0 Å². The Kier molecular flexibility index (Phi) is 5.98. The Morgan fingerprint density at radius 1 is 1.38 bits per heavy atom. The fourth-order valence-corrected chi connectivity index (χ4v) is 2.91. The van der Waals surface area contributed by atoms with Crippen molar-refractivity contribution >= 4 is 16.7 Å². The van der Waals surface area contributed by atoms with Gasteiger partial charge in [0.2, 0.25) is 5.91 Å². The molecule has 0 aromatic rings. The maximum absolute atomic E-state index is 11.8. The number of rotatable bonds is 5. The number of hydrogen-bond acceptors (Lipinski definition) is 3. The van der Waals surface area contributed by atoms with Gasteiger partial charge in [-0.05, 0) is 12.8 Å². The molecule has 1 fully saturated rings. The Bertz CT molecular complexity index is 252. The topological polar surface area (TPSA) is 57.6 Å². The van der Waals surface area contributed by atoms with Crippen LogP contribution in [0.25, 0.3) is 0 Å². The van der Waals surface area contributed by atoms with Crippen LogP contribution in [0.2, 0.25) is 0 Å². The van der Waals surface area contributed by atoms with E-state index in [0.717, 1.165) is 12.8 Å². The van der Waals surface area contributed by atoms with Crippen molar-refractivity contribution in [3.05, 3.63) is 0 Å². The van der Waals surface area contributed by atoms with Gasteiger partial charge in [0.25, 0.3) is 0 Å². The smallest absolute Gasteiger partial charge is 0.235 e. The molecule has 5 heteroatoms. The molecule has 0 saturated heterocycles. The van der Waals surface area contributed by atoms with E-state index in [1.165, 1.54) is 19.3 Å². The monoisotopic (exact) mass is 247 g/mol. The molecule has 0 aromatic carbocycles. The van der Waals surface area contributed by atoms with E-state index in [0.29, 0.717) is 6.04 Å². The van der Waals surface area contributed by atoms with E-state index in [-0.39, 0.29) is 24.0 Å². The zero-order valence-corrected chi connectivity index (χ0v) is 10.7. The molecule has 0 spiro atoms. The van der Waals surface area contributed by atoms with Gasteiger partial charge in [-0.2, -0.15) is 0 Å². The van der Waals surface area contributed by atoms with Crippen LogP contribution in [0.1, 0.15) is 32.1 Å². The predicted octanol–water partition coefficient (Wildman–Crippen LogP) is 0.518. The number of aliphatic hydroxyl groups excluding tert-OH is 1. The Labute approximate surface area is 99.5 Å². The van der Waals surface area contributed by atoms with Crippen LogP contribution in [0.3, 0.4) is 0 Å². The molecule has 1 unspecified atom stereocenters. The van der Waals surface area contributed by atoms with E-state index in [1.807, 2.05) is 0 Å². The van der Waals surface area contributed by atoms with Crippen LogP contribution >= 0.6 is 0 Å². The van der Waals surface area contributed by atoms with Crippen LogP contribution in [0.4, 0.5) is 0 Å². The van der Waals surface area contributed by atoms with Gasteiger partial charge in [-0.15, -0.1) is 0 Å². The summed E-state index contributed by atoms with van der Waals surface area (Å²) in [6.07, 6.45) is 5.75. The van der Waals surface area contributed by atoms with E-state index >= 15 is 0 Å². The number of aliphatic hydroxyl groups is 1. The SMILES string of the molecule is CN(C(=O)CS(=O)CCO)C1CCCCC1. The van der Waals surface area contributed by atoms with Crippen molar-refractivity contribution in [3.63, 3.8) is 0 Å². The molecular formula is C11H21NO3S. The zero-order valence-electron chi connectivity index (χ0n) is 9.85. The number of nitrogens with zero attached hydrogens (tertiary/aromatic N) is 1. The van der Waals surface area contributed by atoms with Gasteiger partial charge in [-0.3, -0.25) is 9.00 Å². The van der Waals surface area contributed by atoms with Gasteiger partial charge in [0, 0.05) is 29.6 Å². The molecule has 1 N–H and O–H groups in total. The average Bonchev–Trinajstić information content (AvgIpc) is 2.29. The highest BCUT2D eigenvalue weighted by Gasteiger charge is 2.22. The molecule has 0 bridgehead atoms. The maximum atomic E-state index is 11.8. The lowest BCUT2D eigenvalue weighted by molar-refractivity contribution is -0.129. The zero-order chi connectivity index (χ0) is 12.0. The molecule has 94 valence electrons. The Hall–Kier alpha value is -0.420. The minimum atomic E-state index is -1.22. The van der Waals surface area contributed by atoms with Crippen molar-refractivity contribution in [1.29, 1.82) is 0 Å². The second-order valence-corrected chi connectivity index (χ2v) is 5.88. The quantitative estimate of drug-likeness (QED) is 0.770. The fraction of sp³-hybridized carbons (Fsp3) is 0.909. The predicted molar refractivity (Wildman–Crippen MR) is 64.6 cm³/mol. The number of amides is 1.